The first kappa shape index (κ1) is 59.1. The van der Waals surface area contributed by atoms with Crippen LogP contribution in [0.1, 0.15) is 253 Å². The molecule has 4 aliphatic carbocycles. The molecule has 0 N–H and O–H groups in total. The molecule has 6 rings (SSSR count). The molecule has 0 radical (unpaired) electrons. The highest BCUT2D eigenvalue weighted by Gasteiger charge is 2.59. The summed E-state index contributed by atoms with van der Waals surface area (Å²) >= 11 is 0. The van der Waals surface area contributed by atoms with Gasteiger partial charge in [0.1, 0.15) is 11.9 Å². The van der Waals surface area contributed by atoms with Crippen LogP contribution in [0.15, 0.2) is 70.4 Å². The highest BCUT2D eigenvalue weighted by atomic mass is 16.5. The summed E-state index contributed by atoms with van der Waals surface area (Å²) in [6, 6.07) is 15.5. The highest BCUT2D eigenvalue weighted by Crippen LogP contribution is 2.67. The first-order valence-corrected chi connectivity index (χ1v) is 30.6. The van der Waals surface area contributed by atoms with E-state index in [1.165, 1.54) is 115 Å². The van der Waals surface area contributed by atoms with Crippen LogP contribution < -0.4 is 4.74 Å². The van der Waals surface area contributed by atoms with Gasteiger partial charge in [0.05, 0.1) is 11.4 Å². The fraction of sp³-hybridized carbons (Fsp3) is 0.706. The van der Waals surface area contributed by atoms with E-state index < -0.39 is 0 Å². The van der Waals surface area contributed by atoms with Crippen LogP contribution >= 0.6 is 0 Å². The van der Waals surface area contributed by atoms with Crippen molar-refractivity contribution in [2.45, 2.75) is 260 Å². The Hall–Kier alpha value is -4.16. The summed E-state index contributed by atoms with van der Waals surface area (Å²) in [7, 11) is 0. The number of aryl methyl sites for hydroxylation is 1. The van der Waals surface area contributed by atoms with E-state index in [1.807, 2.05) is 24.3 Å². The number of hydrogen-bond donors (Lipinski definition) is 0. The van der Waals surface area contributed by atoms with Gasteiger partial charge in [0.15, 0.2) is 0 Å². The predicted octanol–water partition coefficient (Wildman–Crippen LogP) is 19.7. The van der Waals surface area contributed by atoms with Gasteiger partial charge in [0, 0.05) is 32.1 Å². The van der Waals surface area contributed by atoms with Gasteiger partial charge in [-0.1, -0.05) is 173 Å². The maximum absolute atomic E-state index is 13.0. The molecule has 0 unspecified atom stereocenters. The highest BCUT2D eigenvalue weighted by molar-refractivity contribution is 5.72. The Morgan fingerprint density at radius 2 is 1.23 bits per heavy atom. The molecule has 3 fully saturated rings. The predicted molar refractivity (Wildman–Crippen MR) is 308 cm³/mol. The summed E-state index contributed by atoms with van der Waals surface area (Å²) in [5.74, 6) is 18.0. The van der Waals surface area contributed by atoms with Crippen LogP contribution in [0.3, 0.4) is 0 Å². The molecule has 0 aromatic heterocycles. The van der Waals surface area contributed by atoms with Crippen LogP contribution in [0.4, 0.5) is 11.4 Å². The maximum Gasteiger partial charge on any atom is 0.311 e. The first-order valence-electron chi connectivity index (χ1n) is 30.6. The van der Waals surface area contributed by atoms with Crippen LogP contribution in [-0.4, -0.2) is 18.0 Å². The standard InChI is InChI=1S/C68H100N2O4/c1-7-8-9-24-27-33-55-36-39-57(40-37-55)69-70-58-41-43-59(44-42-58)73-65(71)34-28-25-22-20-18-16-14-12-10-11-13-15-17-19-21-23-26-29-35-66(72)74-60-48-50-67(5)56(52-60)38-45-61-63-47-46-62(54(4)32-30-31-53(2)3)68(63,6)51-49-64(61)67/h36-44,53-54,60-64H,7-9,14-35,45-52H2,1-6H3/t54-,60+,61+,62-,63+,64+,67+,68-/m1/s1. The average molecular weight is 1010 g/mol. The van der Waals surface area contributed by atoms with Gasteiger partial charge in [-0.3, -0.25) is 9.59 Å². The topological polar surface area (TPSA) is 77.3 Å². The fourth-order valence-corrected chi connectivity index (χ4v) is 14.1. The van der Waals surface area contributed by atoms with Gasteiger partial charge in [-0.15, -0.1) is 0 Å². The van der Waals surface area contributed by atoms with Gasteiger partial charge in [-0.05, 0) is 184 Å². The normalized spacial score (nSPS) is 24.4. The zero-order valence-electron chi connectivity index (χ0n) is 47.6. The van der Waals surface area contributed by atoms with Crippen LogP contribution in [0, 0.1) is 70.0 Å². The zero-order chi connectivity index (χ0) is 52.4. The minimum absolute atomic E-state index is 0.0173. The van der Waals surface area contributed by atoms with E-state index in [4.69, 9.17) is 9.47 Å². The van der Waals surface area contributed by atoms with Crippen LogP contribution in [0.25, 0.3) is 0 Å². The van der Waals surface area contributed by atoms with Gasteiger partial charge in [-0.25, -0.2) is 0 Å². The van der Waals surface area contributed by atoms with Gasteiger partial charge >= 0.3 is 11.9 Å². The van der Waals surface area contributed by atoms with E-state index in [-0.39, 0.29) is 18.0 Å². The fourth-order valence-electron chi connectivity index (χ4n) is 14.1. The molecular weight excluding hydrogens is 909 g/mol. The van der Waals surface area contributed by atoms with E-state index in [0.717, 1.165) is 137 Å². The van der Waals surface area contributed by atoms with Crippen molar-refractivity contribution in [2.24, 2.45) is 56.6 Å². The Bertz CT molecular complexity index is 2170. The molecule has 2 aromatic carbocycles. The van der Waals surface area contributed by atoms with Gasteiger partial charge in [0.25, 0.3) is 0 Å². The number of azo groups is 1. The summed E-state index contributed by atoms with van der Waals surface area (Å²) in [6.45, 7) is 14.9. The van der Waals surface area contributed by atoms with Crippen LogP contribution in [-0.2, 0) is 20.7 Å². The number of hydrogen-bond acceptors (Lipinski definition) is 6. The number of benzene rings is 2. The Kier molecular flexibility index (Phi) is 25.4. The van der Waals surface area contributed by atoms with Gasteiger partial charge in [0.2, 0.25) is 0 Å². The first-order chi connectivity index (χ1) is 36.0. The van der Waals surface area contributed by atoms with Gasteiger partial charge < -0.3 is 9.47 Å². The summed E-state index contributed by atoms with van der Waals surface area (Å²) in [5.41, 5.74) is 5.35. The van der Waals surface area contributed by atoms with Crippen molar-refractivity contribution >= 4 is 23.3 Å². The Balaban J connectivity index is 0.716. The lowest BCUT2D eigenvalue weighted by molar-refractivity contribution is -0.151. The number of fused-ring (bicyclic) bond motifs is 5. The van der Waals surface area contributed by atoms with Crippen molar-refractivity contribution in [1.82, 2.24) is 0 Å². The van der Waals surface area contributed by atoms with Crippen molar-refractivity contribution in [3.05, 3.63) is 65.7 Å². The smallest absolute Gasteiger partial charge is 0.311 e. The molecule has 4 aliphatic rings. The molecule has 0 heterocycles. The summed E-state index contributed by atoms with van der Waals surface area (Å²) in [6.07, 6.45) is 40.4. The lowest BCUT2D eigenvalue weighted by atomic mass is 9.47. The molecule has 74 heavy (non-hydrogen) atoms. The molecule has 6 nitrogen and oxygen atoms in total. The summed E-state index contributed by atoms with van der Waals surface area (Å²) < 4.78 is 11.7. The number of esters is 2. The second-order valence-electron chi connectivity index (χ2n) is 24.5. The molecule has 0 saturated heterocycles. The zero-order valence-corrected chi connectivity index (χ0v) is 47.6. The van der Waals surface area contributed by atoms with Gasteiger partial charge in [-0.2, -0.15) is 10.2 Å². The number of rotatable bonds is 31. The van der Waals surface area contributed by atoms with Crippen molar-refractivity contribution in [2.75, 3.05) is 0 Å². The quantitative estimate of drug-likeness (QED) is 0.0188. The van der Waals surface area contributed by atoms with E-state index >= 15 is 0 Å². The molecule has 8 atom stereocenters. The third-order valence-electron chi connectivity index (χ3n) is 18.5. The number of nitrogens with zero attached hydrogens (tertiary/aromatic N) is 2. The second kappa shape index (κ2) is 31.8. The van der Waals surface area contributed by atoms with Crippen LogP contribution in [0.2, 0.25) is 0 Å². The Morgan fingerprint density at radius 3 is 1.88 bits per heavy atom. The molecule has 0 amide bonds. The number of carbonyl (C=O) groups excluding carboxylic acids is 2. The van der Waals surface area contributed by atoms with E-state index in [1.54, 1.807) is 17.7 Å². The molecule has 0 aliphatic heterocycles. The molecule has 3 saturated carbocycles. The van der Waals surface area contributed by atoms with E-state index in [0.29, 0.717) is 29.4 Å². The average Bonchev–Trinajstić information content (AvgIpc) is 3.75. The molecule has 2 aromatic rings. The lowest BCUT2D eigenvalue weighted by Crippen LogP contribution is -2.51. The summed E-state index contributed by atoms with van der Waals surface area (Å²) in [4.78, 5) is 25.4. The van der Waals surface area contributed by atoms with Crippen molar-refractivity contribution in [3.8, 4) is 29.4 Å². The molecule has 0 spiro atoms. The summed E-state index contributed by atoms with van der Waals surface area (Å²) in [5, 5.41) is 8.72. The van der Waals surface area contributed by atoms with E-state index in [2.05, 4.69) is 93.7 Å². The minimum atomic E-state index is -0.191. The van der Waals surface area contributed by atoms with Crippen LogP contribution in [0.5, 0.6) is 5.75 Å². The second-order valence-corrected chi connectivity index (χ2v) is 24.5. The van der Waals surface area contributed by atoms with Crippen molar-refractivity contribution < 1.29 is 19.1 Å². The molecule has 406 valence electrons. The SMILES string of the molecule is CCCCCCCc1ccc(N=Nc2ccc(OC(=O)CCCCCCCCC#CC#CCCCCCCCCC(=O)O[C@H]3CC[C@@]4(C)C(=CC[C@H]5[C@@H]6CC[C@H]([C@H](C)CCCC(C)C)[C@@]6(C)CC[C@@H]54)C3)cc2)cc1. The largest absolute Gasteiger partial charge is 0.462 e. The Morgan fingerprint density at radius 1 is 0.635 bits per heavy atom. The molecular formula is C68H100N2O4. The number of unbranched alkanes of at least 4 members (excludes halogenated alkanes) is 16. The Labute approximate surface area is 451 Å². The number of allylic oxidation sites excluding steroid dienone is 1. The monoisotopic (exact) mass is 1010 g/mol. The number of ether oxygens (including phenoxy) is 2. The maximum atomic E-state index is 13.0. The van der Waals surface area contributed by atoms with E-state index in [9.17, 15) is 9.59 Å². The lowest BCUT2D eigenvalue weighted by Gasteiger charge is -2.58. The third-order valence-corrected chi connectivity index (χ3v) is 18.5. The molecule has 6 heteroatoms. The van der Waals surface area contributed by atoms with Crippen molar-refractivity contribution in [1.29, 1.82) is 0 Å². The minimum Gasteiger partial charge on any atom is -0.462 e. The molecule has 0 bridgehead atoms. The van der Waals surface area contributed by atoms with Crippen molar-refractivity contribution in [3.63, 3.8) is 0 Å². The number of carbonyl (C=O) groups is 2. The third kappa shape index (κ3) is 18.8.